The van der Waals surface area contributed by atoms with Gasteiger partial charge >= 0.3 is 0 Å². The van der Waals surface area contributed by atoms with Gasteiger partial charge in [0, 0.05) is 6.61 Å². The number of hydrogen-bond donors (Lipinski definition) is 1. The molecule has 12 heavy (non-hydrogen) atoms. The maximum atomic E-state index is 9.21. The second-order valence-corrected chi connectivity index (χ2v) is 10.2. The van der Waals surface area contributed by atoms with E-state index in [0.29, 0.717) is 18.1 Å². The fraction of sp³-hybridized carbons (Fsp3) is 0.800. The number of aliphatic hydroxyl groups excluding tert-OH is 1. The van der Waals surface area contributed by atoms with E-state index in [2.05, 4.69) is 31.8 Å². The molecule has 0 fully saturated rings. The summed E-state index contributed by atoms with van der Waals surface area (Å²) in [6, 6.07) is 0. The molecule has 1 nitrogen and oxygen atoms in total. The van der Waals surface area contributed by atoms with E-state index in [1.165, 1.54) is 6.42 Å². The van der Waals surface area contributed by atoms with Crippen molar-refractivity contribution in [2.45, 2.75) is 38.0 Å². The minimum atomic E-state index is -1.09. The van der Waals surface area contributed by atoms with Crippen LogP contribution in [0.1, 0.15) is 12.8 Å². The Kier molecular flexibility index (Phi) is 3.13. The molecule has 0 aliphatic heterocycles. The summed E-state index contributed by atoms with van der Waals surface area (Å²) < 4.78 is 0. The highest BCUT2D eigenvalue weighted by atomic mass is 28.3. The lowest BCUT2D eigenvalue weighted by Gasteiger charge is -2.35. The normalized spacial score (nSPS) is 30.7. The highest BCUT2D eigenvalue weighted by molar-refractivity contribution is 6.78. The lowest BCUT2D eigenvalue weighted by Crippen LogP contribution is -2.34. The van der Waals surface area contributed by atoms with E-state index >= 15 is 0 Å². The average molecular weight is 184 g/mol. The van der Waals surface area contributed by atoms with Crippen molar-refractivity contribution in [3.05, 3.63) is 12.2 Å². The van der Waals surface area contributed by atoms with Crippen LogP contribution in [0.15, 0.2) is 12.2 Å². The zero-order chi connectivity index (χ0) is 9.19. The Morgan fingerprint density at radius 1 is 1.42 bits per heavy atom. The largest absolute Gasteiger partial charge is 0.396 e. The van der Waals surface area contributed by atoms with Gasteiger partial charge in [-0.25, -0.2) is 0 Å². The lowest BCUT2D eigenvalue weighted by atomic mass is 9.95. The van der Waals surface area contributed by atoms with Crippen LogP contribution in [-0.2, 0) is 0 Å². The Hall–Kier alpha value is -0.0831. The van der Waals surface area contributed by atoms with Crippen molar-refractivity contribution in [2.24, 2.45) is 5.92 Å². The molecule has 0 spiro atoms. The van der Waals surface area contributed by atoms with E-state index in [1.54, 1.807) is 0 Å². The molecular weight excluding hydrogens is 164 g/mol. The minimum absolute atomic E-state index is 0.374. The SMILES string of the molecule is C[Si](C)(C)[C@@H]1C=CCC[C@@H]1CO. The molecule has 0 aromatic rings. The van der Waals surface area contributed by atoms with Gasteiger partial charge in [0.15, 0.2) is 0 Å². The summed E-state index contributed by atoms with van der Waals surface area (Å²) in [5.41, 5.74) is 0.691. The van der Waals surface area contributed by atoms with Crippen LogP contribution in [0.3, 0.4) is 0 Å². The molecule has 70 valence electrons. The van der Waals surface area contributed by atoms with Gasteiger partial charge in [0.1, 0.15) is 0 Å². The van der Waals surface area contributed by atoms with Crippen LogP contribution in [0.4, 0.5) is 0 Å². The van der Waals surface area contributed by atoms with Crippen molar-refractivity contribution in [1.82, 2.24) is 0 Å². The molecule has 2 heteroatoms. The first-order chi connectivity index (χ1) is 5.55. The summed E-state index contributed by atoms with van der Waals surface area (Å²) in [6.07, 6.45) is 6.97. The van der Waals surface area contributed by atoms with Gasteiger partial charge < -0.3 is 5.11 Å². The molecule has 1 aliphatic carbocycles. The Balaban J connectivity index is 2.71. The number of allylic oxidation sites excluding steroid dienone is 2. The van der Waals surface area contributed by atoms with Gasteiger partial charge in [0.05, 0.1) is 8.07 Å². The van der Waals surface area contributed by atoms with E-state index in [9.17, 15) is 5.11 Å². The van der Waals surface area contributed by atoms with Crippen molar-refractivity contribution < 1.29 is 5.11 Å². The highest BCUT2D eigenvalue weighted by Gasteiger charge is 2.32. The fourth-order valence-corrected chi connectivity index (χ4v) is 4.49. The third-order valence-corrected chi connectivity index (χ3v) is 5.45. The highest BCUT2D eigenvalue weighted by Crippen LogP contribution is 2.37. The van der Waals surface area contributed by atoms with Crippen molar-refractivity contribution in [1.29, 1.82) is 0 Å². The van der Waals surface area contributed by atoms with Crippen LogP contribution in [0, 0.1) is 5.92 Å². The molecule has 0 saturated carbocycles. The zero-order valence-corrected chi connectivity index (χ0v) is 9.38. The molecule has 0 aromatic heterocycles. The van der Waals surface area contributed by atoms with E-state index in [4.69, 9.17) is 0 Å². The summed E-state index contributed by atoms with van der Waals surface area (Å²) >= 11 is 0. The van der Waals surface area contributed by atoms with Gasteiger partial charge in [0.25, 0.3) is 0 Å². The van der Waals surface area contributed by atoms with Gasteiger partial charge in [0.2, 0.25) is 0 Å². The molecular formula is C10H20OSi. The second kappa shape index (κ2) is 3.75. The standard InChI is InChI=1S/C10H20OSi/c1-12(2,3)10-7-5-4-6-9(10)8-11/h5,7,9-11H,4,6,8H2,1-3H3/t9-,10-/m1/s1. The molecule has 1 rings (SSSR count). The Labute approximate surface area is 76.5 Å². The number of hydrogen-bond acceptors (Lipinski definition) is 1. The molecule has 0 saturated heterocycles. The number of rotatable bonds is 2. The maximum absolute atomic E-state index is 9.21. The predicted octanol–water partition coefficient (Wildman–Crippen LogP) is 2.65. The third-order valence-electron chi connectivity index (χ3n) is 2.79. The van der Waals surface area contributed by atoms with Gasteiger partial charge in [-0.15, -0.1) is 0 Å². The Morgan fingerprint density at radius 2 is 2.08 bits per heavy atom. The quantitative estimate of drug-likeness (QED) is 0.517. The summed E-state index contributed by atoms with van der Waals surface area (Å²) in [5.74, 6) is 0.543. The summed E-state index contributed by atoms with van der Waals surface area (Å²) in [5, 5.41) is 9.21. The molecule has 0 aromatic carbocycles. The lowest BCUT2D eigenvalue weighted by molar-refractivity contribution is 0.216. The summed E-state index contributed by atoms with van der Waals surface area (Å²) in [4.78, 5) is 0. The minimum Gasteiger partial charge on any atom is -0.396 e. The monoisotopic (exact) mass is 184 g/mol. The van der Waals surface area contributed by atoms with E-state index in [-0.39, 0.29) is 0 Å². The Morgan fingerprint density at radius 3 is 2.50 bits per heavy atom. The molecule has 0 bridgehead atoms. The fourth-order valence-electron chi connectivity index (χ4n) is 2.09. The van der Waals surface area contributed by atoms with Crippen LogP contribution in [0.2, 0.25) is 25.2 Å². The first-order valence-electron chi connectivity index (χ1n) is 4.83. The van der Waals surface area contributed by atoms with Gasteiger partial charge in [-0.2, -0.15) is 0 Å². The van der Waals surface area contributed by atoms with Gasteiger partial charge in [-0.1, -0.05) is 31.8 Å². The molecule has 0 heterocycles. The van der Waals surface area contributed by atoms with Crippen LogP contribution < -0.4 is 0 Å². The molecule has 0 radical (unpaired) electrons. The molecule has 1 N–H and O–H groups in total. The smallest absolute Gasteiger partial charge is 0.0518 e. The maximum Gasteiger partial charge on any atom is 0.0518 e. The van der Waals surface area contributed by atoms with Crippen LogP contribution in [0.5, 0.6) is 0 Å². The molecule has 0 amide bonds. The number of aliphatic hydroxyl groups is 1. The van der Waals surface area contributed by atoms with Crippen LogP contribution in [-0.4, -0.2) is 19.8 Å². The topological polar surface area (TPSA) is 20.2 Å². The van der Waals surface area contributed by atoms with Crippen LogP contribution in [0.25, 0.3) is 0 Å². The van der Waals surface area contributed by atoms with Crippen molar-refractivity contribution in [3.63, 3.8) is 0 Å². The molecule has 1 aliphatic rings. The first kappa shape index (κ1) is 10.0. The average Bonchev–Trinajstić information content (AvgIpc) is 2.03. The second-order valence-electron chi connectivity index (χ2n) is 4.84. The predicted molar refractivity (Wildman–Crippen MR) is 56.0 cm³/mol. The van der Waals surface area contributed by atoms with Crippen LogP contribution >= 0.6 is 0 Å². The molecule has 0 unspecified atom stereocenters. The molecule has 2 atom stereocenters. The van der Waals surface area contributed by atoms with Crippen molar-refractivity contribution >= 4 is 8.07 Å². The van der Waals surface area contributed by atoms with E-state index in [1.807, 2.05) is 0 Å². The van der Waals surface area contributed by atoms with E-state index < -0.39 is 8.07 Å². The van der Waals surface area contributed by atoms with E-state index in [0.717, 1.165) is 6.42 Å². The van der Waals surface area contributed by atoms with Gasteiger partial charge in [-0.3, -0.25) is 0 Å². The summed E-state index contributed by atoms with van der Waals surface area (Å²) in [7, 11) is -1.09. The van der Waals surface area contributed by atoms with Crippen molar-refractivity contribution in [2.75, 3.05) is 6.61 Å². The van der Waals surface area contributed by atoms with Crippen molar-refractivity contribution in [3.8, 4) is 0 Å². The third kappa shape index (κ3) is 2.20. The first-order valence-corrected chi connectivity index (χ1v) is 8.41. The summed E-state index contributed by atoms with van der Waals surface area (Å²) in [6.45, 7) is 7.53. The van der Waals surface area contributed by atoms with Gasteiger partial charge in [-0.05, 0) is 24.3 Å². The Bertz CT molecular complexity index is 169. The zero-order valence-electron chi connectivity index (χ0n) is 8.38.